The van der Waals surface area contributed by atoms with E-state index in [4.69, 9.17) is 5.73 Å². The Bertz CT molecular complexity index is 555. The third kappa shape index (κ3) is 2.23. The number of aromatic nitrogens is 2. The van der Waals surface area contributed by atoms with Gasteiger partial charge in [0.15, 0.2) is 0 Å². The highest BCUT2D eigenvalue weighted by molar-refractivity contribution is 6.04. The third-order valence-corrected chi connectivity index (χ3v) is 3.41. The molecule has 7 nitrogen and oxygen atoms in total. The molecule has 1 aromatic heterocycles. The van der Waals surface area contributed by atoms with E-state index in [1.54, 1.807) is 17.9 Å². The van der Waals surface area contributed by atoms with E-state index in [9.17, 15) is 9.59 Å². The second-order valence-electron chi connectivity index (χ2n) is 5.00. The van der Waals surface area contributed by atoms with Crippen LogP contribution in [-0.2, 0) is 9.59 Å². The number of nitrogens with zero attached hydrogens (tertiary/aromatic N) is 3. The molecule has 100 valence electrons. The molecular weight excluding hydrogens is 246 g/mol. The minimum Gasteiger partial charge on any atom is -0.384 e. The highest BCUT2D eigenvalue weighted by Crippen LogP contribution is 2.39. The number of imide groups is 1. The van der Waals surface area contributed by atoms with Gasteiger partial charge in [-0.1, -0.05) is 0 Å². The Labute approximate surface area is 110 Å². The van der Waals surface area contributed by atoms with Gasteiger partial charge < -0.3 is 10.6 Å². The number of hydrogen-bond acceptors (Lipinski definition) is 6. The van der Waals surface area contributed by atoms with E-state index in [0.29, 0.717) is 23.4 Å². The van der Waals surface area contributed by atoms with Gasteiger partial charge in [-0.3, -0.25) is 14.9 Å². The molecule has 0 spiro atoms. The average molecular weight is 261 g/mol. The molecule has 3 rings (SSSR count). The zero-order valence-electron chi connectivity index (χ0n) is 10.6. The van der Waals surface area contributed by atoms with Crippen LogP contribution >= 0.6 is 0 Å². The van der Waals surface area contributed by atoms with Crippen LogP contribution in [0.4, 0.5) is 11.6 Å². The molecule has 19 heavy (non-hydrogen) atoms. The van der Waals surface area contributed by atoms with Crippen molar-refractivity contribution in [1.82, 2.24) is 15.3 Å². The van der Waals surface area contributed by atoms with Crippen molar-refractivity contribution in [2.45, 2.75) is 31.7 Å². The van der Waals surface area contributed by atoms with Gasteiger partial charge in [0, 0.05) is 12.0 Å². The second-order valence-corrected chi connectivity index (χ2v) is 5.00. The monoisotopic (exact) mass is 261 g/mol. The number of amides is 2. The first kappa shape index (κ1) is 11.9. The first-order valence-electron chi connectivity index (χ1n) is 6.29. The zero-order valence-corrected chi connectivity index (χ0v) is 10.6. The van der Waals surface area contributed by atoms with E-state index >= 15 is 0 Å². The highest BCUT2D eigenvalue weighted by Gasteiger charge is 2.33. The van der Waals surface area contributed by atoms with Crippen molar-refractivity contribution in [2.24, 2.45) is 0 Å². The van der Waals surface area contributed by atoms with Crippen molar-refractivity contribution >= 4 is 23.5 Å². The minimum absolute atomic E-state index is 0.105. The molecule has 1 saturated heterocycles. The number of anilines is 2. The van der Waals surface area contributed by atoms with Crippen LogP contribution in [0.1, 0.15) is 31.5 Å². The molecule has 0 bridgehead atoms. The number of hydrogen-bond donors (Lipinski definition) is 2. The lowest BCUT2D eigenvalue weighted by Gasteiger charge is -2.32. The summed E-state index contributed by atoms with van der Waals surface area (Å²) in [4.78, 5) is 33.4. The number of piperazine rings is 1. The highest BCUT2D eigenvalue weighted by atomic mass is 16.2. The van der Waals surface area contributed by atoms with Gasteiger partial charge in [-0.05, 0) is 19.8 Å². The standard InChI is InChI=1S/C12H15N5O2/c1-6-12(19)16-10(18)5-17(6)9-4-8(13)14-11(15-9)7-2-3-7/h4,6-7H,2-3,5H2,1H3,(H2,13,14,15)(H,16,18,19). The number of carbonyl (C=O) groups is 2. The molecule has 0 aromatic carbocycles. The molecule has 2 amide bonds. The molecule has 2 heterocycles. The number of rotatable bonds is 2. The van der Waals surface area contributed by atoms with Gasteiger partial charge in [0.1, 0.15) is 23.5 Å². The molecule has 2 fully saturated rings. The summed E-state index contributed by atoms with van der Waals surface area (Å²) in [5.74, 6) is 1.35. The topological polar surface area (TPSA) is 101 Å². The third-order valence-electron chi connectivity index (χ3n) is 3.41. The molecule has 1 saturated carbocycles. The second kappa shape index (κ2) is 4.18. The van der Waals surface area contributed by atoms with Gasteiger partial charge in [0.2, 0.25) is 11.8 Å². The lowest BCUT2D eigenvalue weighted by atomic mass is 10.2. The lowest BCUT2D eigenvalue weighted by Crippen LogP contribution is -2.57. The van der Waals surface area contributed by atoms with Gasteiger partial charge in [-0.2, -0.15) is 0 Å². The maximum atomic E-state index is 11.7. The maximum absolute atomic E-state index is 11.7. The van der Waals surface area contributed by atoms with E-state index in [0.717, 1.165) is 12.8 Å². The normalized spacial score (nSPS) is 23.4. The van der Waals surface area contributed by atoms with Gasteiger partial charge >= 0.3 is 0 Å². The van der Waals surface area contributed by atoms with E-state index < -0.39 is 6.04 Å². The van der Waals surface area contributed by atoms with Crippen molar-refractivity contribution in [1.29, 1.82) is 0 Å². The zero-order chi connectivity index (χ0) is 13.6. The summed E-state index contributed by atoms with van der Waals surface area (Å²) >= 11 is 0. The summed E-state index contributed by atoms with van der Waals surface area (Å²) in [7, 11) is 0. The predicted molar refractivity (Wildman–Crippen MR) is 68.4 cm³/mol. The summed E-state index contributed by atoms with van der Waals surface area (Å²) in [6.07, 6.45) is 2.13. The molecular formula is C12H15N5O2. The van der Waals surface area contributed by atoms with Crippen molar-refractivity contribution in [2.75, 3.05) is 17.2 Å². The van der Waals surface area contributed by atoms with Crippen molar-refractivity contribution in [3.63, 3.8) is 0 Å². The molecule has 2 aliphatic rings. The maximum Gasteiger partial charge on any atom is 0.249 e. The largest absolute Gasteiger partial charge is 0.384 e. The molecule has 1 aliphatic carbocycles. The first-order chi connectivity index (χ1) is 9.04. The minimum atomic E-state index is -0.445. The fourth-order valence-corrected chi connectivity index (χ4v) is 2.14. The van der Waals surface area contributed by atoms with E-state index in [1.165, 1.54) is 0 Å². The van der Waals surface area contributed by atoms with Crippen molar-refractivity contribution < 1.29 is 9.59 Å². The van der Waals surface area contributed by atoms with Gasteiger partial charge in [-0.25, -0.2) is 9.97 Å². The molecule has 1 unspecified atom stereocenters. The van der Waals surface area contributed by atoms with Crippen LogP contribution in [0.15, 0.2) is 6.07 Å². The molecule has 7 heteroatoms. The van der Waals surface area contributed by atoms with Crippen LogP contribution in [0, 0.1) is 0 Å². The predicted octanol–water partition coefficient (Wildman–Crippen LogP) is -0.212. The number of nitrogens with one attached hydrogen (secondary N) is 1. The average Bonchev–Trinajstić information content (AvgIpc) is 3.17. The Morgan fingerprint density at radius 1 is 1.37 bits per heavy atom. The van der Waals surface area contributed by atoms with Crippen LogP contribution in [0.2, 0.25) is 0 Å². The van der Waals surface area contributed by atoms with Crippen LogP contribution < -0.4 is 16.0 Å². The van der Waals surface area contributed by atoms with Gasteiger partial charge in [-0.15, -0.1) is 0 Å². The number of nitrogen functional groups attached to an aromatic ring is 1. The van der Waals surface area contributed by atoms with Gasteiger partial charge in [0.25, 0.3) is 0 Å². The summed E-state index contributed by atoms with van der Waals surface area (Å²) in [6.45, 7) is 1.84. The van der Waals surface area contributed by atoms with Crippen LogP contribution in [0.25, 0.3) is 0 Å². The fourth-order valence-electron chi connectivity index (χ4n) is 2.14. The van der Waals surface area contributed by atoms with Crippen LogP contribution in [0.5, 0.6) is 0 Å². The summed E-state index contributed by atoms with van der Waals surface area (Å²) in [5, 5.41) is 2.30. The quantitative estimate of drug-likeness (QED) is 0.714. The Morgan fingerprint density at radius 2 is 2.11 bits per heavy atom. The summed E-state index contributed by atoms with van der Waals surface area (Å²) in [5.41, 5.74) is 5.78. The fraction of sp³-hybridized carbons (Fsp3) is 0.500. The molecule has 1 aromatic rings. The van der Waals surface area contributed by atoms with Gasteiger partial charge in [0.05, 0.1) is 6.54 Å². The van der Waals surface area contributed by atoms with E-state index in [2.05, 4.69) is 15.3 Å². The molecule has 1 atom stereocenters. The Hall–Kier alpha value is -2.18. The van der Waals surface area contributed by atoms with E-state index in [-0.39, 0.29) is 18.4 Å². The Kier molecular flexibility index (Phi) is 2.62. The van der Waals surface area contributed by atoms with Crippen molar-refractivity contribution in [3.8, 4) is 0 Å². The van der Waals surface area contributed by atoms with Crippen LogP contribution in [0.3, 0.4) is 0 Å². The number of carbonyl (C=O) groups excluding carboxylic acids is 2. The molecule has 3 N–H and O–H groups in total. The first-order valence-corrected chi connectivity index (χ1v) is 6.29. The molecule has 1 aliphatic heterocycles. The molecule has 0 radical (unpaired) electrons. The van der Waals surface area contributed by atoms with Crippen molar-refractivity contribution in [3.05, 3.63) is 11.9 Å². The Balaban J connectivity index is 1.95. The lowest BCUT2D eigenvalue weighted by molar-refractivity contribution is -0.132. The van der Waals surface area contributed by atoms with Crippen LogP contribution in [-0.4, -0.2) is 34.4 Å². The number of nitrogens with two attached hydrogens (primary N) is 1. The van der Waals surface area contributed by atoms with E-state index in [1.807, 2.05) is 0 Å². The SMILES string of the molecule is CC1C(=O)NC(=O)CN1c1cc(N)nc(C2CC2)n1. The summed E-state index contributed by atoms with van der Waals surface area (Å²) in [6, 6.07) is 1.16. The smallest absolute Gasteiger partial charge is 0.249 e. The summed E-state index contributed by atoms with van der Waals surface area (Å²) < 4.78 is 0. The Morgan fingerprint density at radius 3 is 2.79 bits per heavy atom.